The fourth-order valence-electron chi connectivity index (χ4n) is 1.79. The predicted octanol–water partition coefficient (Wildman–Crippen LogP) is 1.04. The molecule has 0 radical (unpaired) electrons. The van der Waals surface area contributed by atoms with Crippen LogP contribution >= 0.6 is 11.6 Å². The minimum atomic E-state index is -3.22. The van der Waals surface area contributed by atoms with E-state index in [-0.39, 0.29) is 18.9 Å². The van der Waals surface area contributed by atoms with Crippen molar-refractivity contribution in [2.45, 2.75) is 6.54 Å². The molecule has 124 valence electrons. The molecule has 0 saturated heterocycles. The van der Waals surface area contributed by atoms with Crippen LogP contribution in [0.15, 0.2) is 23.2 Å². The van der Waals surface area contributed by atoms with Crippen LogP contribution in [0.1, 0.15) is 5.56 Å². The molecule has 6 nitrogen and oxygen atoms in total. The number of nitrogens with zero attached hydrogens (tertiary/aromatic N) is 2. The molecule has 1 rings (SSSR count). The van der Waals surface area contributed by atoms with Crippen molar-refractivity contribution in [2.75, 3.05) is 33.4 Å². The molecule has 9 heteroatoms. The normalized spacial score (nSPS) is 12.3. The Kier molecular flexibility index (Phi) is 7.05. The van der Waals surface area contributed by atoms with Crippen LogP contribution < -0.4 is 10.0 Å². The molecule has 0 unspecified atom stereocenters. The van der Waals surface area contributed by atoms with Gasteiger partial charge >= 0.3 is 0 Å². The summed E-state index contributed by atoms with van der Waals surface area (Å²) in [5.41, 5.74) is 0.379. The third-order valence-corrected chi connectivity index (χ3v) is 3.89. The Bertz CT molecular complexity index is 617. The van der Waals surface area contributed by atoms with E-state index in [1.165, 1.54) is 6.07 Å². The molecule has 0 heterocycles. The summed E-state index contributed by atoms with van der Waals surface area (Å²) in [6, 6.07) is 4.52. The van der Waals surface area contributed by atoms with E-state index in [1.807, 2.05) is 0 Å². The van der Waals surface area contributed by atoms with Crippen molar-refractivity contribution in [1.29, 1.82) is 0 Å². The van der Waals surface area contributed by atoms with Gasteiger partial charge in [-0.05, 0) is 12.1 Å². The van der Waals surface area contributed by atoms with Crippen LogP contribution in [0.5, 0.6) is 0 Å². The lowest BCUT2D eigenvalue weighted by atomic mass is 10.2. The first-order valence-electron chi connectivity index (χ1n) is 6.54. The largest absolute Gasteiger partial charge is 0.355 e. The maximum Gasteiger partial charge on any atom is 0.208 e. The zero-order valence-electron chi connectivity index (χ0n) is 12.7. The highest BCUT2D eigenvalue weighted by atomic mass is 35.5. The molecule has 0 spiro atoms. The van der Waals surface area contributed by atoms with Gasteiger partial charge in [0, 0.05) is 44.3 Å². The van der Waals surface area contributed by atoms with E-state index in [1.54, 1.807) is 31.1 Å². The molecule has 0 atom stereocenters. The first-order valence-corrected chi connectivity index (χ1v) is 8.81. The van der Waals surface area contributed by atoms with Gasteiger partial charge in [-0.25, -0.2) is 17.5 Å². The number of hydrogen-bond acceptors (Lipinski definition) is 3. The highest BCUT2D eigenvalue weighted by Gasteiger charge is 2.12. The van der Waals surface area contributed by atoms with Crippen molar-refractivity contribution in [3.8, 4) is 0 Å². The van der Waals surface area contributed by atoms with Crippen molar-refractivity contribution in [3.63, 3.8) is 0 Å². The van der Waals surface area contributed by atoms with Crippen molar-refractivity contribution in [3.05, 3.63) is 34.6 Å². The number of halogens is 2. The van der Waals surface area contributed by atoms with Gasteiger partial charge in [0.2, 0.25) is 10.0 Å². The van der Waals surface area contributed by atoms with Crippen LogP contribution in [0.4, 0.5) is 4.39 Å². The number of aliphatic imine (C=N–C) groups is 1. The summed E-state index contributed by atoms with van der Waals surface area (Å²) < 4.78 is 38.1. The van der Waals surface area contributed by atoms with Crippen molar-refractivity contribution < 1.29 is 12.8 Å². The van der Waals surface area contributed by atoms with Crippen LogP contribution in [0, 0.1) is 5.82 Å². The monoisotopic (exact) mass is 350 g/mol. The lowest BCUT2D eigenvalue weighted by molar-refractivity contribution is 0.461. The van der Waals surface area contributed by atoms with Gasteiger partial charge in [0.1, 0.15) is 5.82 Å². The maximum atomic E-state index is 13.8. The minimum Gasteiger partial charge on any atom is -0.355 e. The fraction of sp³-hybridized carbons (Fsp3) is 0.462. The van der Waals surface area contributed by atoms with Crippen LogP contribution in [0.2, 0.25) is 5.02 Å². The van der Waals surface area contributed by atoms with Crippen LogP contribution in [0.25, 0.3) is 0 Å². The average molecular weight is 351 g/mol. The second kappa shape index (κ2) is 8.30. The van der Waals surface area contributed by atoms with Crippen molar-refractivity contribution in [2.24, 2.45) is 4.99 Å². The summed E-state index contributed by atoms with van der Waals surface area (Å²) >= 11 is 5.99. The third kappa shape index (κ3) is 6.17. The van der Waals surface area contributed by atoms with Crippen LogP contribution in [0.3, 0.4) is 0 Å². The van der Waals surface area contributed by atoms with Gasteiger partial charge < -0.3 is 10.2 Å². The molecule has 0 aliphatic heterocycles. The van der Waals surface area contributed by atoms with Gasteiger partial charge in [-0.1, -0.05) is 17.7 Å². The lowest BCUT2D eigenvalue weighted by Gasteiger charge is -2.23. The van der Waals surface area contributed by atoms with Gasteiger partial charge in [0.25, 0.3) is 0 Å². The summed E-state index contributed by atoms with van der Waals surface area (Å²) in [6.45, 7) is 0.825. The Hall–Kier alpha value is -1.38. The van der Waals surface area contributed by atoms with Crippen LogP contribution in [-0.2, 0) is 16.6 Å². The fourth-order valence-corrected chi connectivity index (χ4v) is 2.49. The number of nitrogens with one attached hydrogen (secondary N) is 2. The van der Waals surface area contributed by atoms with E-state index in [0.717, 1.165) is 6.26 Å². The quantitative estimate of drug-likeness (QED) is 0.456. The molecule has 0 bridgehead atoms. The summed E-state index contributed by atoms with van der Waals surface area (Å²) in [4.78, 5) is 5.77. The highest BCUT2D eigenvalue weighted by molar-refractivity contribution is 7.88. The van der Waals surface area contributed by atoms with E-state index >= 15 is 0 Å². The summed E-state index contributed by atoms with van der Waals surface area (Å²) in [7, 11) is 0.108. The minimum absolute atomic E-state index is 0.228. The summed E-state index contributed by atoms with van der Waals surface area (Å²) in [6.07, 6.45) is 1.09. The molecule has 0 fully saturated rings. The summed E-state index contributed by atoms with van der Waals surface area (Å²) in [5, 5.41) is 3.33. The van der Waals surface area contributed by atoms with Gasteiger partial charge in [0.05, 0.1) is 6.26 Å². The van der Waals surface area contributed by atoms with Gasteiger partial charge in [0.15, 0.2) is 5.96 Å². The zero-order chi connectivity index (χ0) is 16.8. The van der Waals surface area contributed by atoms with E-state index in [4.69, 9.17) is 11.6 Å². The SMILES string of the molecule is CN=C(NCCNS(C)(=O)=O)N(C)Cc1c(F)cccc1Cl. The predicted molar refractivity (Wildman–Crippen MR) is 87.1 cm³/mol. The molecule has 1 aromatic rings. The Morgan fingerprint density at radius 2 is 2.09 bits per heavy atom. The molecular formula is C13H20ClFN4O2S. The second-order valence-corrected chi connectivity index (χ2v) is 6.94. The summed E-state index contributed by atoms with van der Waals surface area (Å²) in [5.74, 6) is 0.128. The number of benzene rings is 1. The number of hydrogen-bond donors (Lipinski definition) is 2. The Morgan fingerprint density at radius 1 is 1.41 bits per heavy atom. The zero-order valence-corrected chi connectivity index (χ0v) is 14.3. The Labute approximate surface area is 135 Å². The van der Waals surface area contributed by atoms with E-state index < -0.39 is 10.0 Å². The molecule has 2 N–H and O–H groups in total. The third-order valence-electron chi connectivity index (χ3n) is 2.80. The van der Waals surface area contributed by atoms with Gasteiger partial charge in [-0.2, -0.15) is 0 Å². The molecule has 22 heavy (non-hydrogen) atoms. The van der Waals surface area contributed by atoms with Crippen molar-refractivity contribution >= 4 is 27.6 Å². The lowest BCUT2D eigenvalue weighted by Crippen LogP contribution is -2.42. The molecule has 0 aromatic heterocycles. The van der Waals surface area contributed by atoms with Gasteiger partial charge in [-0.3, -0.25) is 4.99 Å². The molecule has 0 amide bonds. The van der Waals surface area contributed by atoms with E-state index in [0.29, 0.717) is 23.1 Å². The molecule has 0 saturated carbocycles. The standard InChI is InChI=1S/C13H20ClFN4O2S/c1-16-13(17-7-8-18-22(3,20)21)19(2)9-10-11(14)5-4-6-12(10)15/h4-6,18H,7-9H2,1-3H3,(H,16,17). The van der Waals surface area contributed by atoms with Crippen LogP contribution in [-0.4, -0.2) is 52.7 Å². The molecular weight excluding hydrogens is 331 g/mol. The first-order chi connectivity index (χ1) is 10.2. The van der Waals surface area contributed by atoms with E-state index in [2.05, 4.69) is 15.0 Å². The Balaban J connectivity index is 2.60. The van der Waals surface area contributed by atoms with Gasteiger partial charge in [-0.15, -0.1) is 0 Å². The highest BCUT2D eigenvalue weighted by Crippen LogP contribution is 2.20. The smallest absolute Gasteiger partial charge is 0.208 e. The molecule has 1 aromatic carbocycles. The topological polar surface area (TPSA) is 73.8 Å². The number of sulfonamides is 1. The molecule has 0 aliphatic rings. The molecule has 0 aliphatic carbocycles. The number of guanidine groups is 1. The van der Waals surface area contributed by atoms with Crippen molar-refractivity contribution in [1.82, 2.24) is 14.9 Å². The maximum absolute atomic E-state index is 13.8. The average Bonchev–Trinajstić information content (AvgIpc) is 2.41. The Morgan fingerprint density at radius 3 is 2.64 bits per heavy atom. The second-order valence-electron chi connectivity index (χ2n) is 4.70. The number of rotatable bonds is 6. The first kappa shape index (κ1) is 18.7. The van der Waals surface area contributed by atoms with E-state index in [9.17, 15) is 12.8 Å².